The van der Waals surface area contributed by atoms with E-state index in [1.165, 1.54) is 12.8 Å². The van der Waals surface area contributed by atoms with Gasteiger partial charge in [-0.25, -0.2) is 8.78 Å². The van der Waals surface area contributed by atoms with Crippen LogP contribution in [0.5, 0.6) is 0 Å². The van der Waals surface area contributed by atoms with Gasteiger partial charge in [-0.3, -0.25) is 4.99 Å². The van der Waals surface area contributed by atoms with Crippen molar-refractivity contribution < 1.29 is 8.78 Å². The van der Waals surface area contributed by atoms with Crippen molar-refractivity contribution in [2.45, 2.75) is 56.9 Å². The molecule has 1 atom stereocenters. The van der Waals surface area contributed by atoms with Gasteiger partial charge in [0.05, 0.1) is 0 Å². The van der Waals surface area contributed by atoms with Gasteiger partial charge in [0.1, 0.15) is 0 Å². The highest BCUT2D eigenvalue weighted by Crippen LogP contribution is 2.38. The standard InChI is InChI=1S/C12H21F2N3/c13-12(14)6-5-9(7-12)8-16-11(15)17-10-3-1-2-4-10/h9-10H,1-8H2,(H3,15,16,17). The summed E-state index contributed by atoms with van der Waals surface area (Å²) >= 11 is 0. The van der Waals surface area contributed by atoms with Gasteiger partial charge < -0.3 is 11.1 Å². The molecule has 0 aromatic heterocycles. The summed E-state index contributed by atoms with van der Waals surface area (Å²) in [5.74, 6) is -2.06. The van der Waals surface area contributed by atoms with Crippen LogP contribution in [0.25, 0.3) is 0 Å². The SMILES string of the molecule is NC(=NCC1CCC(F)(F)C1)NC1CCCC1. The van der Waals surface area contributed by atoms with E-state index in [9.17, 15) is 8.78 Å². The quantitative estimate of drug-likeness (QED) is 0.592. The summed E-state index contributed by atoms with van der Waals surface area (Å²) in [5, 5.41) is 3.16. The summed E-state index contributed by atoms with van der Waals surface area (Å²) in [6.45, 7) is 0.432. The molecule has 5 heteroatoms. The van der Waals surface area contributed by atoms with Crippen LogP contribution in [0.15, 0.2) is 4.99 Å². The van der Waals surface area contributed by atoms with Gasteiger partial charge in [0.25, 0.3) is 0 Å². The fourth-order valence-corrected chi connectivity index (χ4v) is 2.75. The summed E-state index contributed by atoms with van der Waals surface area (Å²) in [6, 6.07) is 0.434. The van der Waals surface area contributed by atoms with E-state index in [0.717, 1.165) is 12.8 Å². The van der Waals surface area contributed by atoms with E-state index >= 15 is 0 Å². The molecule has 2 saturated carbocycles. The van der Waals surface area contributed by atoms with Crippen molar-refractivity contribution in [2.24, 2.45) is 16.6 Å². The summed E-state index contributed by atoms with van der Waals surface area (Å²) in [6.07, 6.45) is 5.28. The number of nitrogens with two attached hydrogens (primary N) is 1. The molecule has 2 rings (SSSR count). The number of hydrogen-bond donors (Lipinski definition) is 2. The van der Waals surface area contributed by atoms with Crippen LogP contribution in [-0.4, -0.2) is 24.5 Å². The molecule has 0 bridgehead atoms. The van der Waals surface area contributed by atoms with Crippen molar-refractivity contribution in [3.8, 4) is 0 Å². The summed E-state index contributed by atoms with van der Waals surface area (Å²) in [5.41, 5.74) is 5.75. The number of rotatable bonds is 3. The van der Waals surface area contributed by atoms with Crippen molar-refractivity contribution in [3.05, 3.63) is 0 Å². The Balaban J connectivity index is 1.72. The lowest BCUT2D eigenvalue weighted by molar-refractivity contribution is 0.00542. The zero-order valence-electron chi connectivity index (χ0n) is 10.1. The van der Waals surface area contributed by atoms with Gasteiger partial charge >= 0.3 is 0 Å². The molecule has 17 heavy (non-hydrogen) atoms. The van der Waals surface area contributed by atoms with Gasteiger partial charge in [-0.1, -0.05) is 12.8 Å². The third kappa shape index (κ3) is 3.82. The smallest absolute Gasteiger partial charge is 0.248 e. The van der Waals surface area contributed by atoms with Crippen molar-refractivity contribution in [1.82, 2.24) is 5.32 Å². The van der Waals surface area contributed by atoms with E-state index in [1.54, 1.807) is 0 Å². The second-order valence-corrected chi connectivity index (χ2v) is 5.32. The van der Waals surface area contributed by atoms with E-state index in [4.69, 9.17) is 5.73 Å². The molecule has 0 amide bonds. The highest BCUT2D eigenvalue weighted by molar-refractivity contribution is 5.78. The largest absolute Gasteiger partial charge is 0.370 e. The Hall–Kier alpha value is -0.870. The predicted octanol–water partition coefficient (Wildman–Crippen LogP) is 2.27. The molecule has 3 nitrogen and oxygen atoms in total. The fourth-order valence-electron chi connectivity index (χ4n) is 2.75. The highest BCUT2D eigenvalue weighted by atomic mass is 19.3. The Kier molecular flexibility index (Phi) is 3.84. The molecule has 0 aromatic carbocycles. The molecule has 3 N–H and O–H groups in total. The first-order valence-corrected chi connectivity index (χ1v) is 6.49. The van der Waals surface area contributed by atoms with Gasteiger partial charge in [0.15, 0.2) is 5.96 Å². The zero-order chi connectivity index (χ0) is 12.3. The Morgan fingerprint density at radius 1 is 1.29 bits per heavy atom. The van der Waals surface area contributed by atoms with Crippen LogP contribution in [-0.2, 0) is 0 Å². The Morgan fingerprint density at radius 3 is 2.59 bits per heavy atom. The number of guanidine groups is 1. The average molecular weight is 245 g/mol. The van der Waals surface area contributed by atoms with E-state index in [1.807, 2.05) is 0 Å². The monoisotopic (exact) mass is 245 g/mol. The molecule has 2 aliphatic carbocycles. The van der Waals surface area contributed by atoms with Gasteiger partial charge in [-0.2, -0.15) is 0 Å². The Morgan fingerprint density at radius 2 is 2.00 bits per heavy atom. The second-order valence-electron chi connectivity index (χ2n) is 5.32. The van der Waals surface area contributed by atoms with Gasteiger partial charge in [0.2, 0.25) is 5.92 Å². The molecule has 0 aromatic rings. The second kappa shape index (κ2) is 5.19. The van der Waals surface area contributed by atoms with E-state index in [2.05, 4.69) is 10.3 Å². The van der Waals surface area contributed by atoms with Crippen LogP contribution in [0.2, 0.25) is 0 Å². The normalized spacial score (nSPS) is 29.8. The van der Waals surface area contributed by atoms with Crippen molar-refractivity contribution in [2.75, 3.05) is 6.54 Å². The number of nitrogens with one attached hydrogen (secondary N) is 1. The van der Waals surface area contributed by atoms with Crippen LogP contribution in [0.4, 0.5) is 8.78 Å². The molecule has 0 saturated heterocycles. The average Bonchev–Trinajstić information content (AvgIpc) is 2.85. The van der Waals surface area contributed by atoms with Crippen LogP contribution in [0.1, 0.15) is 44.9 Å². The lowest BCUT2D eigenvalue weighted by atomic mass is 10.1. The topological polar surface area (TPSA) is 50.4 Å². The molecule has 2 aliphatic rings. The third-order valence-electron chi connectivity index (χ3n) is 3.73. The number of hydrogen-bond acceptors (Lipinski definition) is 1. The van der Waals surface area contributed by atoms with Crippen LogP contribution in [0, 0.1) is 5.92 Å². The summed E-state index contributed by atoms with van der Waals surface area (Å²) < 4.78 is 25.9. The number of aliphatic imine (C=N–C) groups is 1. The van der Waals surface area contributed by atoms with E-state index in [0.29, 0.717) is 25.0 Å². The third-order valence-corrected chi connectivity index (χ3v) is 3.73. The molecular formula is C12H21F2N3. The minimum atomic E-state index is -2.48. The van der Waals surface area contributed by atoms with Crippen molar-refractivity contribution in [1.29, 1.82) is 0 Å². The molecule has 1 unspecified atom stereocenters. The lowest BCUT2D eigenvalue weighted by Crippen LogP contribution is -2.38. The lowest BCUT2D eigenvalue weighted by Gasteiger charge is -2.13. The van der Waals surface area contributed by atoms with Gasteiger partial charge in [-0.05, 0) is 25.2 Å². The van der Waals surface area contributed by atoms with Gasteiger partial charge in [-0.15, -0.1) is 0 Å². The summed E-state index contributed by atoms with van der Waals surface area (Å²) in [7, 11) is 0. The van der Waals surface area contributed by atoms with E-state index < -0.39 is 5.92 Å². The fraction of sp³-hybridized carbons (Fsp3) is 0.917. The summed E-state index contributed by atoms with van der Waals surface area (Å²) in [4.78, 5) is 4.19. The van der Waals surface area contributed by atoms with E-state index in [-0.39, 0.29) is 18.8 Å². The van der Waals surface area contributed by atoms with Crippen molar-refractivity contribution >= 4 is 5.96 Å². The first-order valence-electron chi connectivity index (χ1n) is 6.49. The first kappa shape index (κ1) is 12.6. The molecule has 0 radical (unpaired) electrons. The maximum absolute atomic E-state index is 13.0. The predicted molar refractivity (Wildman–Crippen MR) is 64.2 cm³/mol. The number of halogens is 2. The maximum atomic E-state index is 13.0. The zero-order valence-corrected chi connectivity index (χ0v) is 10.1. The molecular weight excluding hydrogens is 224 g/mol. The minimum Gasteiger partial charge on any atom is -0.370 e. The molecule has 0 heterocycles. The minimum absolute atomic E-state index is 0.00312. The Bertz CT molecular complexity index is 285. The molecule has 0 spiro atoms. The Labute approximate surface area is 101 Å². The molecule has 98 valence electrons. The van der Waals surface area contributed by atoms with Crippen molar-refractivity contribution in [3.63, 3.8) is 0 Å². The van der Waals surface area contributed by atoms with Gasteiger partial charge in [0, 0.05) is 25.4 Å². The molecule has 0 aliphatic heterocycles. The van der Waals surface area contributed by atoms with Crippen LogP contribution in [0.3, 0.4) is 0 Å². The first-order chi connectivity index (χ1) is 8.05. The van der Waals surface area contributed by atoms with Crippen LogP contribution >= 0.6 is 0 Å². The van der Waals surface area contributed by atoms with Crippen LogP contribution < -0.4 is 11.1 Å². The highest BCUT2D eigenvalue weighted by Gasteiger charge is 2.39. The number of nitrogens with zero attached hydrogens (tertiary/aromatic N) is 1. The number of alkyl halides is 2. The molecule has 2 fully saturated rings. The maximum Gasteiger partial charge on any atom is 0.248 e.